The molecule has 1 fully saturated rings. The van der Waals surface area contributed by atoms with Crippen LogP contribution >= 0.6 is 0 Å². The minimum absolute atomic E-state index is 0.0521. The summed E-state index contributed by atoms with van der Waals surface area (Å²) in [5.41, 5.74) is 0.465. The van der Waals surface area contributed by atoms with Crippen LogP contribution in [-0.2, 0) is 4.79 Å². The van der Waals surface area contributed by atoms with E-state index in [1.54, 1.807) is 24.3 Å². The quantitative estimate of drug-likeness (QED) is 0.607. The van der Waals surface area contributed by atoms with Gasteiger partial charge in [0.1, 0.15) is 5.75 Å². The first kappa shape index (κ1) is 13.6. The molecule has 0 N–H and O–H groups in total. The fraction of sp³-hybridized carbons (Fsp3) is 0.467. The summed E-state index contributed by atoms with van der Waals surface area (Å²) in [5, 5.41) is 0. The number of carbonyl (C=O) groups excluding carboxylic acids is 2. The van der Waals surface area contributed by atoms with Crippen LogP contribution in [0.4, 0.5) is 0 Å². The Morgan fingerprint density at radius 1 is 1.21 bits per heavy atom. The van der Waals surface area contributed by atoms with Crippen LogP contribution in [0.25, 0.3) is 0 Å². The number of para-hydroxylation sites is 1. The summed E-state index contributed by atoms with van der Waals surface area (Å²) >= 11 is 0. The van der Waals surface area contributed by atoms with E-state index in [9.17, 15) is 9.59 Å². The molecular formula is C15H19NO3. The van der Waals surface area contributed by atoms with Gasteiger partial charge in [-0.1, -0.05) is 19.1 Å². The van der Waals surface area contributed by atoms with Gasteiger partial charge in [0.15, 0.2) is 0 Å². The van der Waals surface area contributed by atoms with Crippen LogP contribution in [-0.4, -0.2) is 29.9 Å². The van der Waals surface area contributed by atoms with Gasteiger partial charge in [-0.2, -0.15) is 0 Å². The maximum absolute atomic E-state index is 12.4. The number of hydrogen-bond acceptors (Lipinski definition) is 3. The number of nitrogens with zero attached hydrogens (tertiary/aromatic N) is 1. The van der Waals surface area contributed by atoms with E-state index in [1.165, 1.54) is 6.92 Å². The molecule has 1 saturated heterocycles. The number of ether oxygens (including phenoxy) is 1. The number of carbonyl (C=O) groups is 2. The van der Waals surface area contributed by atoms with E-state index < -0.39 is 5.97 Å². The van der Waals surface area contributed by atoms with Gasteiger partial charge in [-0.3, -0.25) is 9.59 Å². The highest BCUT2D eigenvalue weighted by Crippen LogP contribution is 2.23. The molecule has 0 unspecified atom stereocenters. The number of likely N-dealkylation sites (tertiary alicyclic amines) is 1. The van der Waals surface area contributed by atoms with Crippen molar-refractivity contribution in [3.8, 4) is 5.75 Å². The first-order valence-corrected chi connectivity index (χ1v) is 6.64. The molecule has 1 aromatic carbocycles. The molecule has 0 atom stereocenters. The van der Waals surface area contributed by atoms with E-state index in [1.807, 2.05) is 4.90 Å². The Morgan fingerprint density at radius 2 is 1.84 bits per heavy atom. The van der Waals surface area contributed by atoms with Crippen molar-refractivity contribution in [3.63, 3.8) is 0 Å². The normalized spacial score (nSPS) is 16.2. The van der Waals surface area contributed by atoms with Crippen molar-refractivity contribution in [2.75, 3.05) is 13.1 Å². The van der Waals surface area contributed by atoms with E-state index in [0.717, 1.165) is 25.9 Å². The van der Waals surface area contributed by atoms with Gasteiger partial charge in [-0.05, 0) is 30.9 Å². The Morgan fingerprint density at radius 3 is 2.47 bits per heavy atom. The standard InChI is InChI=1S/C15H19NO3/c1-11-7-9-16(10-8-11)15(18)13-5-3-4-6-14(13)19-12(2)17/h3-6,11H,7-10H2,1-2H3. The molecule has 1 heterocycles. The van der Waals surface area contributed by atoms with Gasteiger partial charge < -0.3 is 9.64 Å². The van der Waals surface area contributed by atoms with Crippen molar-refractivity contribution in [1.82, 2.24) is 4.90 Å². The Bertz CT molecular complexity index is 476. The van der Waals surface area contributed by atoms with Crippen LogP contribution in [0.2, 0.25) is 0 Å². The first-order valence-electron chi connectivity index (χ1n) is 6.64. The molecule has 1 aliphatic heterocycles. The molecule has 102 valence electrons. The number of amides is 1. The van der Waals surface area contributed by atoms with Crippen LogP contribution in [0.5, 0.6) is 5.75 Å². The van der Waals surface area contributed by atoms with Gasteiger partial charge in [0, 0.05) is 20.0 Å². The molecule has 0 radical (unpaired) electrons. The zero-order valence-electron chi connectivity index (χ0n) is 11.4. The van der Waals surface area contributed by atoms with Crippen LogP contribution in [0, 0.1) is 5.92 Å². The van der Waals surface area contributed by atoms with Crippen LogP contribution in [0.15, 0.2) is 24.3 Å². The predicted octanol–water partition coefficient (Wildman–Crippen LogP) is 2.48. The summed E-state index contributed by atoms with van der Waals surface area (Å²) in [6.07, 6.45) is 2.06. The van der Waals surface area contributed by atoms with Crippen LogP contribution in [0.3, 0.4) is 0 Å². The smallest absolute Gasteiger partial charge is 0.308 e. The van der Waals surface area contributed by atoms with Crippen molar-refractivity contribution < 1.29 is 14.3 Å². The summed E-state index contributed by atoms with van der Waals surface area (Å²) in [6, 6.07) is 6.90. The van der Waals surface area contributed by atoms with E-state index in [-0.39, 0.29) is 5.91 Å². The van der Waals surface area contributed by atoms with Crippen molar-refractivity contribution in [2.24, 2.45) is 5.92 Å². The molecule has 0 bridgehead atoms. The lowest BCUT2D eigenvalue weighted by Crippen LogP contribution is -2.38. The third-order valence-electron chi connectivity index (χ3n) is 3.44. The molecule has 1 aliphatic rings. The molecule has 4 nitrogen and oxygen atoms in total. The highest BCUT2D eigenvalue weighted by Gasteiger charge is 2.23. The lowest BCUT2D eigenvalue weighted by Gasteiger charge is -2.30. The van der Waals surface area contributed by atoms with Gasteiger partial charge in [-0.15, -0.1) is 0 Å². The Kier molecular flexibility index (Phi) is 4.20. The molecule has 1 aromatic rings. The highest BCUT2D eigenvalue weighted by atomic mass is 16.5. The number of rotatable bonds is 2. The lowest BCUT2D eigenvalue weighted by molar-refractivity contribution is -0.131. The average molecular weight is 261 g/mol. The third kappa shape index (κ3) is 3.34. The molecule has 19 heavy (non-hydrogen) atoms. The summed E-state index contributed by atoms with van der Waals surface area (Å²) in [6.45, 7) is 5.08. The van der Waals surface area contributed by atoms with Crippen molar-refractivity contribution >= 4 is 11.9 Å². The van der Waals surface area contributed by atoms with Gasteiger partial charge in [0.05, 0.1) is 5.56 Å². The molecule has 0 aromatic heterocycles. The van der Waals surface area contributed by atoms with Gasteiger partial charge in [-0.25, -0.2) is 0 Å². The zero-order chi connectivity index (χ0) is 13.8. The Hall–Kier alpha value is -1.84. The highest BCUT2D eigenvalue weighted by molar-refractivity contribution is 5.97. The fourth-order valence-electron chi connectivity index (χ4n) is 2.27. The second-order valence-corrected chi connectivity index (χ2v) is 5.06. The maximum Gasteiger partial charge on any atom is 0.308 e. The second-order valence-electron chi connectivity index (χ2n) is 5.06. The largest absolute Gasteiger partial charge is 0.426 e. The summed E-state index contributed by atoms with van der Waals surface area (Å²) in [7, 11) is 0. The number of esters is 1. The van der Waals surface area contributed by atoms with Gasteiger partial charge >= 0.3 is 5.97 Å². The lowest BCUT2D eigenvalue weighted by atomic mass is 9.98. The molecule has 4 heteroatoms. The van der Waals surface area contributed by atoms with E-state index in [2.05, 4.69) is 6.92 Å². The molecule has 0 saturated carbocycles. The third-order valence-corrected chi connectivity index (χ3v) is 3.44. The van der Waals surface area contributed by atoms with Crippen molar-refractivity contribution in [2.45, 2.75) is 26.7 Å². The van der Waals surface area contributed by atoms with Gasteiger partial charge in [0.25, 0.3) is 5.91 Å². The van der Waals surface area contributed by atoms with Crippen molar-refractivity contribution in [3.05, 3.63) is 29.8 Å². The number of hydrogen-bond donors (Lipinski definition) is 0. The summed E-state index contributed by atoms with van der Waals surface area (Å²) in [4.78, 5) is 25.3. The summed E-state index contributed by atoms with van der Waals surface area (Å²) < 4.78 is 5.09. The minimum atomic E-state index is -0.410. The molecular weight excluding hydrogens is 242 g/mol. The average Bonchev–Trinajstić information content (AvgIpc) is 2.39. The van der Waals surface area contributed by atoms with E-state index in [0.29, 0.717) is 17.2 Å². The van der Waals surface area contributed by atoms with Crippen molar-refractivity contribution in [1.29, 1.82) is 0 Å². The zero-order valence-corrected chi connectivity index (χ0v) is 11.4. The van der Waals surface area contributed by atoms with E-state index >= 15 is 0 Å². The van der Waals surface area contributed by atoms with Crippen LogP contribution < -0.4 is 4.74 Å². The first-order chi connectivity index (χ1) is 9.08. The Labute approximate surface area is 113 Å². The SMILES string of the molecule is CC(=O)Oc1ccccc1C(=O)N1CCC(C)CC1. The van der Waals surface area contributed by atoms with E-state index in [4.69, 9.17) is 4.74 Å². The maximum atomic E-state index is 12.4. The monoisotopic (exact) mass is 261 g/mol. The fourth-order valence-corrected chi connectivity index (χ4v) is 2.27. The Balaban J connectivity index is 2.16. The van der Waals surface area contributed by atoms with Gasteiger partial charge in [0.2, 0.25) is 0 Å². The molecule has 1 amide bonds. The predicted molar refractivity (Wildman–Crippen MR) is 72.1 cm³/mol. The second kappa shape index (κ2) is 5.87. The topological polar surface area (TPSA) is 46.6 Å². The molecule has 0 spiro atoms. The van der Waals surface area contributed by atoms with Crippen LogP contribution in [0.1, 0.15) is 37.0 Å². The molecule has 0 aliphatic carbocycles. The number of piperidine rings is 1. The molecule has 2 rings (SSSR count). The summed E-state index contributed by atoms with van der Waals surface area (Å²) in [5.74, 6) is 0.558. The minimum Gasteiger partial charge on any atom is -0.426 e. The number of benzene rings is 1.